The number of ether oxygens (including phenoxy) is 2. The fourth-order valence-corrected chi connectivity index (χ4v) is 2.78. The third-order valence-corrected chi connectivity index (χ3v) is 3.70. The SMILES string of the molecule is CC(C)(C)OC(=O)Nc1ccccc1C(Cc1ccccc1)OC(C)(C)C. The first kappa shape index (κ1) is 21.0. The van der Waals surface area contributed by atoms with Crippen LogP contribution in [0.1, 0.15) is 58.8 Å². The van der Waals surface area contributed by atoms with Crippen LogP contribution in [0.4, 0.5) is 10.5 Å². The van der Waals surface area contributed by atoms with Crippen molar-refractivity contribution in [3.8, 4) is 0 Å². The smallest absolute Gasteiger partial charge is 0.412 e. The van der Waals surface area contributed by atoms with Gasteiger partial charge in [-0.15, -0.1) is 0 Å². The lowest BCUT2D eigenvalue weighted by molar-refractivity contribution is -0.0610. The topological polar surface area (TPSA) is 47.6 Å². The highest BCUT2D eigenvalue weighted by atomic mass is 16.6. The number of anilines is 1. The van der Waals surface area contributed by atoms with E-state index >= 15 is 0 Å². The van der Waals surface area contributed by atoms with E-state index in [1.807, 2.05) is 84.0 Å². The summed E-state index contributed by atoms with van der Waals surface area (Å²) in [6, 6.07) is 17.9. The Hall–Kier alpha value is -2.33. The minimum Gasteiger partial charge on any atom is -0.444 e. The van der Waals surface area contributed by atoms with E-state index in [1.54, 1.807) is 0 Å². The van der Waals surface area contributed by atoms with Gasteiger partial charge in [0.15, 0.2) is 0 Å². The lowest BCUT2D eigenvalue weighted by Crippen LogP contribution is -2.28. The molecule has 0 aliphatic carbocycles. The number of carbonyl (C=O) groups excluding carboxylic acids is 1. The van der Waals surface area contributed by atoms with Crippen LogP contribution in [-0.4, -0.2) is 17.3 Å². The summed E-state index contributed by atoms with van der Waals surface area (Å²) in [6.07, 6.45) is 0.0493. The molecule has 0 heterocycles. The second-order valence-corrected chi connectivity index (χ2v) is 8.62. The molecule has 4 nitrogen and oxygen atoms in total. The molecule has 0 radical (unpaired) electrons. The molecule has 27 heavy (non-hydrogen) atoms. The van der Waals surface area contributed by atoms with Crippen LogP contribution in [0.15, 0.2) is 54.6 Å². The monoisotopic (exact) mass is 369 g/mol. The molecule has 2 aromatic carbocycles. The lowest BCUT2D eigenvalue weighted by Gasteiger charge is -2.29. The first-order valence-electron chi connectivity index (χ1n) is 9.34. The van der Waals surface area contributed by atoms with Crippen molar-refractivity contribution in [3.05, 3.63) is 65.7 Å². The highest BCUT2D eigenvalue weighted by Gasteiger charge is 2.24. The Morgan fingerprint density at radius 1 is 0.889 bits per heavy atom. The number of nitrogens with one attached hydrogen (secondary N) is 1. The molecular weight excluding hydrogens is 338 g/mol. The number of hydrogen-bond donors (Lipinski definition) is 1. The van der Waals surface area contributed by atoms with Crippen LogP contribution in [0.5, 0.6) is 0 Å². The van der Waals surface area contributed by atoms with Crippen molar-refractivity contribution in [2.24, 2.45) is 0 Å². The molecule has 0 spiro atoms. The minimum atomic E-state index is -0.551. The number of hydrogen-bond acceptors (Lipinski definition) is 3. The predicted molar refractivity (Wildman–Crippen MR) is 110 cm³/mol. The van der Waals surface area contributed by atoms with Gasteiger partial charge in [-0.05, 0) is 53.2 Å². The van der Waals surface area contributed by atoms with Gasteiger partial charge in [-0.2, -0.15) is 0 Å². The lowest BCUT2D eigenvalue weighted by atomic mass is 9.98. The van der Waals surface area contributed by atoms with Gasteiger partial charge in [-0.1, -0.05) is 48.5 Å². The zero-order valence-electron chi connectivity index (χ0n) is 17.2. The highest BCUT2D eigenvalue weighted by Crippen LogP contribution is 2.32. The molecule has 1 amide bonds. The Balaban J connectivity index is 2.30. The van der Waals surface area contributed by atoms with Crippen molar-refractivity contribution < 1.29 is 14.3 Å². The summed E-state index contributed by atoms with van der Waals surface area (Å²) in [5, 5.41) is 2.88. The fraction of sp³-hybridized carbons (Fsp3) is 0.435. The van der Waals surface area contributed by atoms with Crippen LogP contribution < -0.4 is 5.32 Å². The first-order valence-corrected chi connectivity index (χ1v) is 9.34. The van der Waals surface area contributed by atoms with Gasteiger partial charge in [0.1, 0.15) is 5.60 Å². The predicted octanol–water partition coefficient (Wildman–Crippen LogP) is 6.13. The molecule has 1 unspecified atom stereocenters. The fourth-order valence-electron chi connectivity index (χ4n) is 2.78. The van der Waals surface area contributed by atoms with Gasteiger partial charge < -0.3 is 9.47 Å². The molecule has 2 aromatic rings. The Morgan fingerprint density at radius 3 is 2.07 bits per heavy atom. The van der Waals surface area contributed by atoms with Gasteiger partial charge >= 0.3 is 6.09 Å². The summed E-state index contributed by atoms with van der Waals surface area (Å²) in [7, 11) is 0. The standard InChI is InChI=1S/C23H31NO3/c1-22(2,3)26-20(16-17-12-8-7-9-13-17)18-14-10-11-15-19(18)24-21(25)27-23(4,5)6/h7-15,20H,16H2,1-6H3,(H,24,25). The summed E-state index contributed by atoms with van der Waals surface area (Å²) < 4.78 is 11.8. The van der Waals surface area contributed by atoms with E-state index in [-0.39, 0.29) is 11.7 Å². The molecule has 0 aliphatic heterocycles. The van der Waals surface area contributed by atoms with Crippen LogP contribution in [0, 0.1) is 0 Å². The molecule has 146 valence electrons. The molecular formula is C23H31NO3. The van der Waals surface area contributed by atoms with Crippen molar-refractivity contribution in [1.29, 1.82) is 0 Å². The van der Waals surface area contributed by atoms with Gasteiger partial charge in [0.25, 0.3) is 0 Å². The molecule has 1 atom stereocenters. The molecule has 2 rings (SSSR count). The summed E-state index contributed by atoms with van der Waals surface area (Å²) >= 11 is 0. The van der Waals surface area contributed by atoms with Crippen molar-refractivity contribution in [3.63, 3.8) is 0 Å². The summed E-state index contributed by atoms with van der Waals surface area (Å²) in [6.45, 7) is 11.6. The third-order valence-electron chi connectivity index (χ3n) is 3.70. The van der Waals surface area contributed by atoms with Gasteiger partial charge in [0.2, 0.25) is 0 Å². The van der Waals surface area contributed by atoms with E-state index in [0.29, 0.717) is 12.1 Å². The molecule has 0 saturated heterocycles. The zero-order valence-corrected chi connectivity index (χ0v) is 17.2. The second kappa shape index (κ2) is 8.57. The Morgan fingerprint density at radius 2 is 1.48 bits per heavy atom. The normalized spacial score (nSPS) is 13.1. The summed E-state index contributed by atoms with van der Waals surface area (Å²) in [5.41, 5.74) is 1.95. The number of benzene rings is 2. The minimum absolute atomic E-state index is 0.196. The first-order chi connectivity index (χ1) is 12.5. The van der Waals surface area contributed by atoms with Gasteiger partial charge in [0, 0.05) is 17.7 Å². The Bertz CT molecular complexity index is 742. The van der Waals surface area contributed by atoms with Crippen LogP contribution in [0.25, 0.3) is 0 Å². The van der Waals surface area contributed by atoms with Gasteiger partial charge in [0.05, 0.1) is 11.7 Å². The maximum Gasteiger partial charge on any atom is 0.412 e. The largest absolute Gasteiger partial charge is 0.444 e. The molecule has 0 bridgehead atoms. The molecule has 0 aliphatic rings. The zero-order chi connectivity index (χ0) is 20.1. The summed E-state index contributed by atoms with van der Waals surface area (Å²) in [5.74, 6) is 0. The maximum absolute atomic E-state index is 12.3. The van der Waals surface area contributed by atoms with Crippen LogP contribution in [0.3, 0.4) is 0 Å². The van der Waals surface area contributed by atoms with Crippen molar-refractivity contribution in [2.75, 3.05) is 5.32 Å². The van der Waals surface area contributed by atoms with Crippen LogP contribution >= 0.6 is 0 Å². The van der Waals surface area contributed by atoms with Crippen molar-refractivity contribution in [1.82, 2.24) is 0 Å². The van der Waals surface area contributed by atoms with E-state index in [2.05, 4.69) is 17.4 Å². The van der Waals surface area contributed by atoms with Crippen molar-refractivity contribution in [2.45, 2.75) is 65.3 Å². The molecule has 4 heteroatoms. The van der Waals surface area contributed by atoms with Gasteiger partial charge in [-0.3, -0.25) is 5.32 Å². The van der Waals surface area contributed by atoms with E-state index in [0.717, 1.165) is 5.56 Å². The maximum atomic E-state index is 12.3. The van der Waals surface area contributed by atoms with E-state index in [4.69, 9.17) is 9.47 Å². The van der Waals surface area contributed by atoms with E-state index in [1.165, 1.54) is 5.56 Å². The second-order valence-electron chi connectivity index (χ2n) is 8.62. The molecule has 0 aromatic heterocycles. The van der Waals surface area contributed by atoms with Gasteiger partial charge in [-0.25, -0.2) is 4.79 Å². The third kappa shape index (κ3) is 7.43. The highest BCUT2D eigenvalue weighted by molar-refractivity contribution is 5.86. The average Bonchev–Trinajstić information content (AvgIpc) is 2.52. The average molecular weight is 370 g/mol. The van der Waals surface area contributed by atoms with Crippen LogP contribution in [0.2, 0.25) is 0 Å². The quantitative estimate of drug-likeness (QED) is 0.689. The summed E-state index contributed by atoms with van der Waals surface area (Å²) in [4.78, 5) is 12.3. The number of rotatable bonds is 5. The molecule has 0 saturated carbocycles. The Labute approximate surface area is 162 Å². The Kier molecular flexibility index (Phi) is 6.66. The number of para-hydroxylation sites is 1. The molecule has 1 N–H and O–H groups in total. The van der Waals surface area contributed by atoms with E-state index < -0.39 is 11.7 Å². The van der Waals surface area contributed by atoms with Crippen molar-refractivity contribution >= 4 is 11.8 Å². The number of carbonyl (C=O) groups is 1. The van der Waals surface area contributed by atoms with Crippen LogP contribution in [-0.2, 0) is 15.9 Å². The van der Waals surface area contributed by atoms with E-state index in [9.17, 15) is 4.79 Å². The molecule has 0 fully saturated rings. The number of amides is 1.